The number of carbonyl (C=O) groups is 3. The first-order valence-corrected chi connectivity index (χ1v) is 7.52. The first kappa shape index (κ1) is 19.9. The van der Waals surface area contributed by atoms with Gasteiger partial charge in [-0.25, -0.2) is 9.59 Å². The van der Waals surface area contributed by atoms with Crippen molar-refractivity contribution >= 4 is 17.9 Å². The van der Waals surface area contributed by atoms with E-state index in [0.29, 0.717) is 0 Å². The van der Waals surface area contributed by atoms with Crippen molar-refractivity contribution < 1.29 is 38.8 Å². The molecule has 0 bridgehead atoms. The Morgan fingerprint density at radius 1 is 0.833 bits per heavy atom. The Hall–Kier alpha value is -2.19. The molecule has 0 aromatic carbocycles. The minimum Gasteiger partial charge on any atom is -0.459 e. The smallest absolute Gasteiger partial charge is 0.330 e. The number of esters is 3. The number of hydrogen-bond acceptors (Lipinski definition) is 8. The molecule has 0 saturated heterocycles. The second-order valence-corrected chi connectivity index (χ2v) is 5.49. The maximum absolute atomic E-state index is 11.7. The quantitative estimate of drug-likeness (QED) is 0.467. The topological polar surface area (TPSA) is 119 Å². The molecule has 8 heteroatoms. The highest BCUT2D eigenvalue weighted by atomic mass is 16.6. The highest BCUT2D eigenvalue weighted by Gasteiger charge is 2.21. The van der Waals surface area contributed by atoms with Gasteiger partial charge >= 0.3 is 17.9 Å². The Labute approximate surface area is 139 Å². The van der Waals surface area contributed by atoms with E-state index in [1.54, 1.807) is 0 Å². The van der Waals surface area contributed by atoms with Crippen LogP contribution < -0.4 is 0 Å². The minimum absolute atomic E-state index is 0.193. The lowest BCUT2D eigenvalue weighted by atomic mass is 10.2. The van der Waals surface area contributed by atoms with Crippen LogP contribution >= 0.6 is 0 Å². The summed E-state index contributed by atoms with van der Waals surface area (Å²) in [5, 5.41) is 19.6. The fourth-order valence-corrected chi connectivity index (χ4v) is 1.80. The van der Waals surface area contributed by atoms with Crippen molar-refractivity contribution in [1.82, 2.24) is 0 Å². The van der Waals surface area contributed by atoms with E-state index >= 15 is 0 Å². The molecule has 5 atom stereocenters. The average molecular weight is 342 g/mol. The Morgan fingerprint density at radius 3 is 1.83 bits per heavy atom. The molecule has 0 aromatic heterocycles. The SMILES string of the molecule is CC1CC(=O)OC(C)C(O)/C=C/C(=O)O[C@@H](C)[C@H](O)/C=C/C(=O)O1. The zero-order chi connectivity index (χ0) is 18.3. The van der Waals surface area contributed by atoms with Gasteiger partial charge < -0.3 is 24.4 Å². The van der Waals surface area contributed by atoms with Gasteiger partial charge in [0.1, 0.15) is 30.5 Å². The number of hydrogen-bond donors (Lipinski definition) is 2. The maximum atomic E-state index is 11.7. The van der Waals surface area contributed by atoms with Gasteiger partial charge in [-0.3, -0.25) is 4.79 Å². The van der Waals surface area contributed by atoms with Gasteiger partial charge in [0.05, 0.1) is 6.42 Å². The molecule has 0 aliphatic carbocycles. The second-order valence-electron chi connectivity index (χ2n) is 5.49. The summed E-state index contributed by atoms with van der Waals surface area (Å²) in [5.74, 6) is -2.22. The predicted octanol–water partition coefficient (Wildman–Crippen LogP) is 0.0194. The standard InChI is InChI=1S/C16H22O8/c1-9-8-16(21)24-11(3)13(18)5-7-15(20)23-10(2)12(17)4-6-14(19)22-9/h4-7,9-13,17-18H,8H2,1-3H3/b6-4+,7-5+/t9?,10-,11?,12+,13?/m0/s1. The second kappa shape index (κ2) is 9.19. The molecule has 1 rings (SSSR count). The molecule has 0 radical (unpaired) electrons. The Bertz CT molecular complexity index is 524. The molecular weight excluding hydrogens is 320 g/mol. The largest absolute Gasteiger partial charge is 0.459 e. The van der Waals surface area contributed by atoms with Crippen molar-refractivity contribution in [2.75, 3.05) is 0 Å². The summed E-state index contributed by atoms with van der Waals surface area (Å²) in [6, 6.07) is 0. The van der Waals surface area contributed by atoms with Gasteiger partial charge in [0.2, 0.25) is 0 Å². The zero-order valence-electron chi connectivity index (χ0n) is 13.7. The molecule has 0 spiro atoms. The molecule has 1 aliphatic rings. The van der Waals surface area contributed by atoms with Crippen LogP contribution in [0.5, 0.6) is 0 Å². The summed E-state index contributed by atoms with van der Waals surface area (Å²) in [6.45, 7) is 4.41. The van der Waals surface area contributed by atoms with Gasteiger partial charge in [-0.1, -0.05) is 0 Å². The van der Waals surface area contributed by atoms with Crippen molar-refractivity contribution in [2.45, 2.75) is 57.7 Å². The Balaban J connectivity index is 2.91. The van der Waals surface area contributed by atoms with Crippen LogP contribution in [0.3, 0.4) is 0 Å². The summed E-state index contributed by atoms with van der Waals surface area (Å²) in [5.41, 5.74) is 0. The maximum Gasteiger partial charge on any atom is 0.330 e. The van der Waals surface area contributed by atoms with Crippen molar-refractivity contribution in [2.24, 2.45) is 0 Å². The summed E-state index contributed by atoms with van der Waals surface area (Å²) < 4.78 is 14.9. The highest BCUT2D eigenvalue weighted by molar-refractivity contribution is 5.83. The lowest BCUT2D eigenvalue weighted by molar-refractivity contribution is -0.157. The first-order valence-electron chi connectivity index (χ1n) is 7.52. The van der Waals surface area contributed by atoms with Crippen LogP contribution in [0.25, 0.3) is 0 Å². The molecular formula is C16H22O8. The van der Waals surface area contributed by atoms with E-state index in [4.69, 9.17) is 14.2 Å². The van der Waals surface area contributed by atoms with Crippen molar-refractivity contribution in [1.29, 1.82) is 0 Å². The number of ether oxygens (including phenoxy) is 3. The molecule has 8 nitrogen and oxygen atoms in total. The third kappa shape index (κ3) is 6.93. The summed E-state index contributed by atoms with van der Waals surface area (Å²) >= 11 is 0. The van der Waals surface area contributed by atoms with Crippen LogP contribution in [-0.2, 0) is 28.6 Å². The fraction of sp³-hybridized carbons (Fsp3) is 0.562. The third-order valence-electron chi connectivity index (χ3n) is 3.21. The molecule has 2 N–H and O–H groups in total. The van der Waals surface area contributed by atoms with E-state index < -0.39 is 48.4 Å². The number of aliphatic hydroxyl groups excluding tert-OH is 2. The van der Waals surface area contributed by atoms with E-state index in [1.165, 1.54) is 20.8 Å². The van der Waals surface area contributed by atoms with Crippen LogP contribution in [-0.4, -0.2) is 58.6 Å². The Morgan fingerprint density at radius 2 is 1.29 bits per heavy atom. The predicted molar refractivity (Wildman–Crippen MR) is 81.6 cm³/mol. The number of aliphatic hydroxyl groups is 2. The van der Waals surface area contributed by atoms with Crippen LogP contribution in [0.1, 0.15) is 27.2 Å². The van der Waals surface area contributed by atoms with Crippen LogP contribution in [0.2, 0.25) is 0 Å². The van der Waals surface area contributed by atoms with Gasteiger partial charge in [0, 0.05) is 12.2 Å². The van der Waals surface area contributed by atoms with E-state index in [2.05, 4.69) is 0 Å². The van der Waals surface area contributed by atoms with Crippen LogP contribution in [0, 0.1) is 0 Å². The minimum atomic E-state index is -1.22. The number of rotatable bonds is 0. The average Bonchev–Trinajstić information content (AvgIpc) is 2.48. The molecule has 0 aromatic rings. The zero-order valence-corrected chi connectivity index (χ0v) is 13.7. The highest BCUT2D eigenvalue weighted by Crippen LogP contribution is 2.08. The van der Waals surface area contributed by atoms with Crippen molar-refractivity contribution in [3.63, 3.8) is 0 Å². The van der Waals surface area contributed by atoms with Gasteiger partial charge in [-0.2, -0.15) is 0 Å². The normalized spacial score (nSPS) is 36.2. The lowest BCUT2D eigenvalue weighted by Crippen LogP contribution is -2.30. The van der Waals surface area contributed by atoms with Crippen LogP contribution in [0.4, 0.5) is 0 Å². The van der Waals surface area contributed by atoms with E-state index in [0.717, 1.165) is 24.3 Å². The van der Waals surface area contributed by atoms with Gasteiger partial charge in [-0.05, 0) is 32.9 Å². The monoisotopic (exact) mass is 342 g/mol. The lowest BCUT2D eigenvalue weighted by Gasteiger charge is -2.19. The molecule has 134 valence electrons. The molecule has 3 unspecified atom stereocenters. The van der Waals surface area contributed by atoms with E-state index in [9.17, 15) is 24.6 Å². The Kier molecular flexibility index (Phi) is 7.60. The van der Waals surface area contributed by atoms with Gasteiger partial charge in [-0.15, -0.1) is 0 Å². The fourth-order valence-electron chi connectivity index (χ4n) is 1.80. The number of cyclic esters (lactones) is 3. The first-order chi connectivity index (χ1) is 11.2. The molecule has 24 heavy (non-hydrogen) atoms. The molecule has 0 fully saturated rings. The van der Waals surface area contributed by atoms with Gasteiger partial charge in [0.25, 0.3) is 0 Å². The molecule has 1 heterocycles. The summed E-state index contributed by atoms with van der Waals surface area (Å²) in [6.07, 6.45) is -0.961. The molecule has 1 aliphatic heterocycles. The van der Waals surface area contributed by atoms with E-state index in [-0.39, 0.29) is 6.42 Å². The third-order valence-corrected chi connectivity index (χ3v) is 3.21. The van der Waals surface area contributed by atoms with Crippen molar-refractivity contribution in [3.8, 4) is 0 Å². The molecule has 0 saturated carbocycles. The summed E-state index contributed by atoms with van der Waals surface area (Å²) in [7, 11) is 0. The van der Waals surface area contributed by atoms with E-state index in [1.807, 2.05) is 0 Å². The van der Waals surface area contributed by atoms with Crippen molar-refractivity contribution in [3.05, 3.63) is 24.3 Å². The van der Waals surface area contributed by atoms with Gasteiger partial charge in [0.15, 0.2) is 0 Å². The molecule has 0 amide bonds. The number of carbonyl (C=O) groups excluding carboxylic acids is 3. The summed E-state index contributed by atoms with van der Waals surface area (Å²) in [4.78, 5) is 34.9. The van der Waals surface area contributed by atoms with Crippen LogP contribution in [0.15, 0.2) is 24.3 Å².